The topological polar surface area (TPSA) is 71.6 Å². The first kappa shape index (κ1) is 24.3. The molecule has 162 valence electrons. The molecule has 2 aromatic rings. The van der Waals surface area contributed by atoms with Crippen molar-refractivity contribution in [2.24, 2.45) is 0 Å². The minimum atomic E-state index is -1.88. The van der Waals surface area contributed by atoms with Crippen LogP contribution >= 0.6 is 47.0 Å². The van der Waals surface area contributed by atoms with Gasteiger partial charge in [0, 0.05) is 11.3 Å². The van der Waals surface area contributed by atoms with Gasteiger partial charge in [0.05, 0.1) is 14.2 Å². The van der Waals surface area contributed by atoms with Gasteiger partial charge >= 0.3 is 0 Å². The average molecular weight is 491 g/mol. The molecule has 0 spiro atoms. The number of hydrogen-bond acceptors (Lipinski definition) is 4. The first-order valence-electron chi connectivity index (χ1n) is 8.79. The lowest BCUT2D eigenvalue weighted by Gasteiger charge is -2.28. The van der Waals surface area contributed by atoms with Crippen LogP contribution in [0.4, 0.5) is 5.69 Å². The molecule has 1 amide bonds. The second-order valence-electron chi connectivity index (χ2n) is 6.43. The predicted octanol–water partition coefficient (Wildman–Crippen LogP) is 4.73. The molecular weight excluding hydrogens is 469 g/mol. The van der Waals surface area contributed by atoms with Crippen LogP contribution in [-0.2, 0) is 0 Å². The summed E-state index contributed by atoms with van der Waals surface area (Å²) in [5.41, 5.74) is 3.15. The van der Waals surface area contributed by atoms with E-state index in [1.807, 2.05) is 32.0 Å². The van der Waals surface area contributed by atoms with E-state index in [0.29, 0.717) is 17.1 Å². The minimum Gasteiger partial charge on any atom is -0.493 e. The molecule has 1 atom stereocenters. The molecule has 0 saturated heterocycles. The Hall–Kier alpha value is -1.93. The molecule has 30 heavy (non-hydrogen) atoms. The maximum atomic E-state index is 12.7. The number of anilines is 1. The highest BCUT2D eigenvalue weighted by Gasteiger charge is 2.35. The summed E-state index contributed by atoms with van der Waals surface area (Å²) in [4.78, 5) is 12.7. The van der Waals surface area contributed by atoms with Gasteiger partial charge in [-0.15, -0.1) is 0 Å². The van der Waals surface area contributed by atoms with Crippen LogP contribution in [0.3, 0.4) is 0 Å². The smallest absolute Gasteiger partial charge is 0.253 e. The molecule has 6 nitrogen and oxygen atoms in total. The van der Waals surface area contributed by atoms with Gasteiger partial charge < -0.3 is 25.4 Å². The van der Waals surface area contributed by atoms with Crippen molar-refractivity contribution in [3.05, 3.63) is 53.1 Å². The van der Waals surface area contributed by atoms with Gasteiger partial charge in [0.25, 0.3) is 5.91 Å². The second-order valence-corrected chi connectivity index (χ2v) is 9.21. The zero-order valence-electron chi connectivity index (χ0n) is 16.8. The van der Waals surface area contributed by atoms with Crippen LogP contribution < -0.4 is 25.4 Å². The van der Waals surface area contributed by atoms with Crippen molar-refractivity contribution in [1.29, 1.82) is 0 Å². The van der Waals surface area contributed by atoms with Crippen molar-refractivity contribution in [3.63, 3.8) is 0 Å². The maximum Gasteiger partial charge on any atom is 0.253 e. The highest BCUT2D eigenvalue weighted by atomic mass is 35.6. The van der Waals surface area contributed by atoms with E-state index in [4.69, 9.17) is 56.5 Å². The molecule has 0 heterocycles. The minimum absolute atomic E-state index is 0.188. The summed E-state index contributed by atoms with van der Waals surface area (Å²) >= 11 is 23.5. The van der Waals surface area contributed by atoms with Crippen molar-refractivity contribution in [3.8, 4) is 11.5 Å². The number of halogens is 3. The predicted molar refractivity (Wildman–Crippen MR) is 126 cm³/mol. The Morgan fingerprint density at radius 1 is 1.00 bits per heavy atom. The zero-order chi connectivity index (χ0) is 22.5. The molecule has 3 N–H and O–H groups in total. The van der Waals surface area contributed by atoms with Crippen molar-refractivity contribution in [2.45, 2.75) is 23.8 Å². The fraction of sp³-hybridized carbons (Fsp3) is 0.300. The third-order valence-electron chi connectivity index (χ3n) is 4.17. The standard InChI is InChI=1S/C20H22Cl3N3O3S/c1-11-5-6-12(2)14(9-11)24-19(30)26-18(20(21,22)23)25-17(27)13-7-8-15(28-3)16(10-13)29-4/h5-10,18H,1-4H3,(H,25,27)(H2,24,26,30). The van der Waals surface area contributed by atoms with Crippen LogP contribution in [0.25, 0.3) is 0 Å². The van der Waals surface area contributed by atoms with E-state index in [2.05, 4.69) is 16.0 Å². The summed E-state index contributed by atoms with van der Waals surface area (Å²) in [7, 11) is 2.98. The molecule has 0 aromatic heterocycles. The molecule has 2 aromatic carbocycles. The number of ether oxygens (including phenoxy) is 2. The Balaban J connectivity index is 2.15. The highest BCUT2D eigenvalue weighted by molar-refractivity contribution is 7.80. The van der Waals surface area contributed by atoms with Crippen LogP contribution in [0.2, 0.25) is 0 Å². The zero-order valence-corrected chi connectivity index (χ0v) is 19.9. The number of nitrogens with one attached hydrogen (secondary N) is 3. The van der Waals surface area contributed by atoms with Crippen LogP contribution in [0.5, 0.6) is 11.5 Å². The molecule has 2 rings (SSSR count). The van der Waals surface area contributed by atoms with E-state index in [1.54, 1.807) is 12.1 Å². The largest absolute Gasteiger partial charge is 0.493 e. The molecule has 10 heteroatoms. The number of rotatable bonds is 6. The number of hydrogen-bond donors (Lipinski definition) is 3. The Bertz CT molecular complexity index is 935. The molecule has 0 saturated carbocycles. The van der Waals surface area contributed by atoms with E-state index in [1.165, 1.54) is 20.3 Å². The average Bonchev–Trinajstić information content (AvgIpc) is 2.68. The summed E-state index contributed by atoms with van der Waals surface area (Å²) in [6.07, 6.45) is -1.10. The number of methoxy groups -OCH3 is 2. The van der Waals surface area contributed by atoms with Crippen molar-refractivity contribution in [2.75, 3.05) is 19.5 Å². The number of amides is 1. The van der Waals surface area contributed by atoms with Gasteiger partial charge in [-0.2, -0.15) is 0 Å². The number of benzene rings is 2. The molecule has 0 radical (unpaired) electrons. The van der Waals surface area contributed by atoms with Crippen molar-refractivity contribution < 1.29 is 14.3 Å². The van der Waals surface area contributed by atoms with E-state index in [-0.39, 0.29) is 5.11 Å². The molecule has 0 aliphatic rings. The number of thiocarbonyl (C=S) groups is 1. The lowest BCUT2D eigenvalue weighted by molar-refractivity contribution is 0.0934. The van der Waals surface area contributed by atoms with E-state index in [0.717, 1.165) is 16.8 Å². The Morgan fingerprint density at radius 2 is 1.67 bits per heavy atom. The van der Waals surface area contributed by atoms with Crippen LogP contribution in [0.15, 0.2) is 36.4 Å². The van der Waals surface area contributed by atoms with Crippen LogP contribution in [-0.4, -0.2) is 35.2 Å². The van der Waals surface area contributed by atoms with Gasteiger partial charge in [0.15, 0.2) is 16.6 Å². The Morgan fingerprint density at radius 3 is 2.27 bits per heavy atom. The summed E-state index contributed by atoms with van der Waals surface area (Å²) in [6.45, 7) is 3.91. The maximum absolute atomic E-state index is 12.7. The number of alkyl halides is 3. The lowest BCUT2D eigenvalue weighted by atomic mass is 10.1. The highest BCUT2D eigenvalue weighted by Crippen LogP contribution is 2.31. The van der Waals surface area contributed by atoms with Gasteiger partial charge in [-0.25, -0.2) is 0 Å². The van der Waals surface area contributed by atoms with E-state index >= 15 is 0 Å². The molecule has 0 aliphatic heterocycles. The van der Waals surface area contributed by atoms with Gasteiger partial charge in [-0.3, -0.25) is 4.79 Å². The summed E-state index contributed by atoms with van der Waals surface area (Å²) in [5.74, 6) is 0.397. The Labute approximate surface area is 196 Å². The fourth-order valence-electron chi connectivity index (χ4n) is 2.55. The van der Waals surface area contributed by atoms with Crippen molar-refractivity contribution >= 4 is 63.7 Å². The second kappa shape index (κ2) is 10.4. The number of aryl methyl sites for hydroxylation is 2. The lowest BCUT2D eigenvalue weighted by Crippen LogP contribution is -2.56. The van der Waals surface area contributed by atoms with Crippen LogP contribution in [0, 0.1) is 13.8 Å². The van der Waals surface area contributed by atoms with Gasteiger partial charge in [-0.05, 0) is 61.5 Å². The first-order valence-corrected chi connectivity index (χ1v) is 10.3. The molecule has 0 fully saturated rings. The van der Waals surface area contributed by atoms with Crippen LogP contribution in [0.1, 0.15) is 21.5 Å². The molecule has 0 aliphatic carbocycles. The fourth-order valence-corrected chi connectivity index (χ4v) is 3.11. The quantitative estimate of drug-likeness (QED) is 0.309. The SMILES string of the molecule is COc1ccc(C(=O)NC(NC(=S)Nc2cc(C)ccc2C)C(Cl)(Cl)Cl)cc1OC. The monoisotopic (exact) mass is 489 g/mol. The van der Waals surface area contributed by atoms with Crippen molar-refractivity contribution in [1.82, 2.24) is 10.6 Å². The number of carbonyl (C=O) groups is 1. The van der Waals surface area contributed by atoms with E-state index < -0.39 is 15.9 Å². The van der Waals surface area contributed by atoms with Gasteiger partial charge in [0.1, 0.15) is 6.17 Å². The first-order chi connectivity index (χ1) is 14.0. The summed E-state index contributed by atoms with van der Waals surface area (Å²) in [5, 5.41) is 8.72. The normalized spacial score (nSPS) is 12.0. The number of carbonyl (C=O) groups excluding carboxylic acids is 1. The molecular formula is C20H22Cl3N3O3S. The van der Waals surface area contributed by atoms with Gasteiger partial charge in [0.2, 0.25) is 3.79 Å². The molecule has 0 bridgehead atoms. The van der Waals surface area contributed by atoms with E-state index in [9.17, 15) is 4.79 Å². The summed E-state index contributed by atoms with van der Waals surface area (Å²) < 4.78 is 8.52. The third kappa shape index (κ3) is 6.54. The van der Waals surface area contributed by atoms with Gasteiger partial charge in [-0.1, -0.05) is 46.9 Å². The Kier molecular flexibility index (Phi) is 8.43. The summed E-state index contributed by atoms with van der Waals surface area (Å²) in [6, 6.07) is 10.6. The third-order valence-corrected chi connectivity index (χ3v) is 5.04. The molecule has 1 unspecified atom stereocenters.